The fraction of sp³-hybridized carbons (Fsp3) is 0.300. The first kappa shape index (κ1) is 27.0. The number of guanidine groups is 1. The van der Waals surface area contributed by atoms with Crippen LogP contribution in [-0.2, 0) is 24.3 Å². The van der Waals surface area contributed by atoms with Crippen LogP contribution in [0.3, 0.4) is 0 Å². The number of hydrogen-bond acceptors (Lipinski definition) is 4. The van der Waals surface area contributed by atoms with Gasteiger partial charge in [-0.25, -0.2) is 0 Å². The van der Waals surface area contributed by atoms with Crippen LogP contribution in [0.4, 0.5) is 0 Å². The van der Waals surface area contributed by atoms with Gasteiger partial charge >= 0.3 is 5.97 Å². The van der Waals surface area contributed by atoms with Gasteiger partial charge in [-0.3, -0.25) is 14.5 Å². The minimum Gasteiger partial charge on any atom is -0.480 e. The lowest BCUT2D eigenvalue weighted by Crippen LogP contribution is -2.32. The van der Waals surface area contributed by atoms with E-state index in [0.29, 0.717) is 12.1 Å². The Morgan fingerprint density at radius 2 is 1.58 bits per heavy atom. The highest BCUT2D eigenvalue weighted by molar-refractivity contribution is 6.02. The highest BCUT2D eigenvalue weighted by Crippen LogP contribution is 2.22. The van der Waals surface area contributed by atoms with Crippen LogP contribution in [0.25, 0.3) is 11.1 Å². The molecule has 1 aliphatic heterocycles. The summed E-state index contributed by atoms with van der Waals surface area (Å²) in [4.78, 5) is 29.8. The predicted octanol–water partition coefficient (Wildman–Crippen LogP) is 3.54. The quantitative estimate of drug-likeness (QED) is 0.254. The van der Waals surface area contributed by atoms with Crippen molar-refractivity contribution >= 4 is 17.8 Å². The zero-order valence-electron chi connectivity index (χ0n) is 21.5. The fourth-order valence-electron chi connectivity index (χ4n) is 4.57. The summed E-state index contributed by atoms with van der Waals surface area (Å²) in [5, 5.41) is 11.9. The lowest BCUT2D eigenvalue weighted by Gasteiger charge is -2.26. The number of amides is 1. The smallest absolute Gasteiger partial charge is 0.320 e. The largest absolute Gasteiger partial charge is 0.480 e. The number of benzene rings is 3. The number of piperidine rings is 1. The zero-order chi connectivity index (χ0) is 26.9. The van der Waals surface area contributed by atoms with Crippen molar-refractivity contribution in [1.82, 2.24) is 10.2 Å². The molecule has 0 saturated carbocycles. The molecule has 4 rings (SSSR count). The molecule has 3 aromatic carbocycles. The highest BCUT2D eigenvalue weighted by Gasteiger charge is 2.13. The molecule has 0 unspecified atom stereocenters. The zero-order valence-corrected chi connectivity index (χ0v) is 21.5. The number of nitrogens with one attached hydrogen (secondary N) is 1. The normalized spacial score (nSPS) is 15.1. The molecule has 3 aromatic rings. The van der Waals surface area contributed by atoms with Gasteiger partial charge in [0.25, 0.3) is 5.91 Å². The van der Waals surface area contributed by atoms with Crippen molar-refractivity contribution < 1.29 is 14.7 Å². The van der Waals surface area contributed by atoms with Gasteiger partial charge < -0.3 is 21.9 Å². The number of nitrogens with zero attached hydrogens (tertiary/aromatic N) is 2. The number of carbonyl (C=O) groups is 2. The molecular formula is C30H35N5O3. The first-order chi connectivity index (χ1) is 18.4. The summed E-state index contributed by atoms with van der Waals surface area (Å²) < 4.78 is 0. The van der Waals surface area contributed by atoms with E-state index in [2.05, 4.69) is 51.6 Å². The molecule has 0 aromatic heterocycles. The van der Waals surface area contributed by atoms with Crippen LogP contribution < -0.4 is 16.8 Å². The lowest BCUT2D eigenvalue weighted by atomic mass is 10.0. The number of carboxylic acid groups (broad SMARTS) is 1. The average molecular weight is 514 g/mol. The van der Waals surface area contributed by atoms with Gasteiger partial charge in [0.2, 0.25) is 0 Å². The molecule has 1 heterocycles. The Labute approximate surface area is 223 Å². The molecule has 0 aliphatic carbocycles. The Morgan fingerprint density at radius 1 is 0.895 bits per heavy atom. The molecule has 1 aliphatic rings. The van der Waals surface area contributed by atoms with Crippen molar-refractivity contribution in [2.75, 3.05) is 13.1 Å². The Kier molecular flexibility index (Phi) is 9.24. The molecule has 8 nitrogen and oxygen atoms in total. The summed E-state index contributed by atoms with van der Waals surface area (Å²) in [6, 6.07) is 22.5. The molecule has 1 amide bonds. The van der Waals surface area contributed by atoms with Crippen molar-refractivity contribution in [1.29, 1.82) is 0 Å². The molecule has 0 bridgehead atoms. The van der Waals surface area contributed by atoms with Crippen LogP contribution in [0.1, 0.15) is 46.3 Å². The monoisotopic (exact) mass is 513 g/mol. The van der Waals surface area contributed by atoms with Crippen molar-refractivity contribution in [3.05, 3.63) is 95.1 Å². The maximum absolute atomic E-state index is 12.4. The van der Waals surface area contributed by atoms with E-state index in [1.165, 1.54) is 43.5 Å². The number of nitrogens with two attached hydrogens (primary N) is 2. The van der Waals surface area contributed by atoms with Crippen LogP contribution in [0, 0.1) is 0 Å². The summed E-state index contributed by atoms with van der Waals surface area (Å²) in [7, 11) is 0. The fourth-order valence-corrected chi connectivity index (χ4v) is 4.57. The van der Waals surface area contributed by atoms with Gasteiger partial charge in [-0.15, -0.1) is 0 Å². The van der Waals surface area contributed by atoms with E-state index >= 15 is 0 Å². The van der Waals surface area contributed by atoms with E-state index < -0.39 is 17.9 Å². The maximum Gasteiger partial charge on any atom is 0.320 e. The Hall–Kier alpha value is -4.01. The van der Waals surface area contributed by atoms with Gasteiger partial charge in [0.1, 0.15) is 6.04 Å². The Bertz CT molecular complexity index is 1270. The van der Waals surface area contributed by atoms with Crippen LogP contribution >= 0.6 is 0 Å². The van der Waals surface area contributed by atoms with Gasteiger partial charge in [0.05, 0.1) is 0 Å². The first-order valence-corrected chi connectivity index (χ1v) is 13.0. The molecule has 1 saturated heterocycles. The summed E-state index contributed by atoms with van der Waals surface area (Å²) in [5.41, 5.74) is 17.3. The summed E-state index contributed by atoms with van der Waals surface area (Å²) in [6.45, 7) is 3.79. The minimum absolute atomic E-state index is 0.0291. The average Bonchev–Trinajstić information content (AvgIpc) is 2.93. The van der Waals surface area contributed by atoms with Crippen LogP contribution in [0.5, 0.6) is 0 Å². The number of likely N-dealkylation sites (tertiary alicyclic amines) is 1. The summed E-state index contributed by atoms with van der Waals surface area (Å²) in [5.74, 6) is -1.52. The van der Waals surface area contributed by atoms with Gasteiger partial charge in [-0.05, 0) is 78.4 Å². The van der Waals surface area contributed by atoms with Crippen LogP contribution in [0.15, 0.2) is 77.8 Å². The number of hydrogen-bond donors (Lipinski definition) is 4. The van der Waals surface area contributed by atoms with E-state index in [1.54, 1.807) is 24.3 Å². The third-order valence-electron chi connectivity index (χ3n) is 6.74. The topological polar surface area (TPSA) is 134 Å². The number of aliphatic carboxylic acids is 1. The molecule has 8 heteroatoms. The molecule has 1 atom stereocenters. The molecule has 6 N–H and O–H groups in total. The van der Waals surface area contributed by atoms with Gasteiger partial charge in [0.15, 0.2) is 5.96 Å². The summed E-state index contributed by atoms with van der Waals surface area (Å²) >= 11 is 0. The van der Waals surface area contributed by atoms with Crippen LogP contribution in [-0.4, -0.2) is 47.0 Å². The van der Waals surface area contributed by atoms with E-state index in [4.69, 9.17) is 16.6 Å². The van der Waals surface area contributed by atoms with Gasteiger partial charge in [-0.1, -0.05) is 61.0 Å². The third-order valence-corrected chi connectivity index (χ3v) is 6.74. The number of carbonyl (C=O) groups excluding carboxylic acids is 1. The predicted molar refractivity (Wildman–Crippen MR) is 150 cm³/mol. The Morgan fingerprint density at radius 3 is 2.26 bits per heavy atom. The van der Waals surface area contributed by atoms with E-state index in [1.807, 2.05) is 12.1 Å². The van der Waals surface area contributed by atoms with E-state index in [9.17, 15) is 9.59 Å². The second kappa shape index (κ2) is 13.0. The minimum atomic E-state index is -1.07. The van der Waals surface area contributed by atoms with E-state index in [0.717, 1.165) is 23.2 Å². The second-order valence-electron chi connectivity index (χ2n) is 9.74. The van der Waals surface area contributed by atoms with Crippen molar-refractivity contribution in [3.8, 4) is 11.1 Å². The number of rotatable bonds is 9. The second-order valence-corrected chi connectivity index (χ2v) is 9.74. The van der Waals surface area contributed by atoms with Crippen molar-refractivity contribution in [2.24, 2.45) is 16.5 Å². The molecule has 1 fully saturated rings. The van der Waals surface area contributed by atoms with Crippen molar-refractivity contribution in [3.63, 3.8) is 0 Å². The number of carboxylic acids is 1. The maximum atomic E-state index is 12.4. The van der Waals surface area contributed by atoms with Gasteiger partial charge in [0, 0.05) is 18.7 Å². The molecule has 0 spiro atoms. The highest BCUT2D eigenvalue weighted by atomic mass is 16.4. The third kappa shape index (κ3) is 7.74. The first-order valence-electron chi connectivity index (χ1n) is 13.0. The SMILES string of the molecule is NC(=NC(=O)c1ccc(C[C@H](N)C(=O)O)cc1)NCc1ccc(-c2cccc(CN3CCCCC3)c2)cc1. The van der Waals surface area contributed by atoms with Gasteiger partial charge in [-0.2, -0.15) is 4.99 Å². The standard InChI is InChI=1S/C30H35N5O3/c31-27(29(37)38)18-21-7-13-25(14-8-21)28(36)34-30(32)33-19-22-9-11-24(12-10-22)26-6-4-5-23(17-26)20-35-15-2-1-3-16-35/h4-14,17,27H,1-3,15-16,18-20,31H2,(H,37,38)(H3,32,33,34,36)/t27-/m0/s1. The molecule has 198 valence electrons. The molecule has 38 heavy (non-hydrogen) atoms. The number of aliphatic imine (C=N–C) groups is 1. The lowest BCUT2D eigenvalue weighted by molar-refractivity contribution is -0.138. The van der Waals surface area contributed by atoms with Crippen LogP contribution in [0.2, 0.25) is 0 Å². The molecular weight excluding hydrogens is 478 g/mol. The van der Waals surface area contributed by atoms with E-state index in [-0.39, 0.29) is 12.4 Å². The van der Waals surface area contributed by atoms with Crippen molar-refractivity contribution in [2.45, 2.75) is 44.8 Å². The Balaban J connectivity index is 1.30. The molecule has 0 radical (unpaired) electrons. The summed E-state index contributed by atoms with van der Waals surface area (Å²) in [6.07, 6.45) is 4.10.